The Hall–Kier alpha value is -3.19. The predicted octanol–water partition coefficient (Wildman–Crippen LogP) is 5.19. The summed E-state index contributed by atoms with van der Waals surface area (Å²) in [6.07, 6.45) is 0.537. The lowest BCUT2D eigenvalue weighted by molar-refractivity contribution is -0.387. The Kier molecular flexibility index (Phi) is 6.61. The second-order valence-electron chi connectivity index (χ2n) is 9.02. The second-order valence-corrected chi connectivity index (χ2v) is 12.4. The average molecular weight is 561 g/mol. The van der Waals surface area contributed by atoms with Crippen molar-refractivity contribution in [3.63, 3.8) is 0 Å². The van der Waals surface area contributed by atoms with E-state index >= 15 is 0 Å². The van der Waals surface area contributed by atoms with Crippen molar-refractivity contribution < 1.29 is 18.3 Å². The Morgan fingerprint density at radius 1 is 1.00 bits per heavy atom. The van der Waals surface area contributed by atoms with Crippen LogP contribution in [0.3, 0.4) is 0 Å². The topological polar surface area (TPSA) is 158 Å². The zero-order valence-corrected chi connectivity index (χ0v) is 21.4. The number of halogens is 1. The standard InChI is InChI=1S/C24H21ClN4O6S2/c25-23-21(36-20-7-2-1-6-19(20)29(32)33)12-17-22(23)16-11-15(37(26,34)35)8-9-18(16)27-24(17)13-4-3-5-14(10-13)28(30)31/h1-11,17,21-24,27H,12H2,(H2,26,34,35)/t17-,21+,22-,23+,24+/m0/s1. The summed E-state index contributed by atoms with van der Waals surface area (Å²) in [6, 6.07) is 17.0. The third-order valence-corrected chi connectivity index (χ3v) is 9.92. The Bertz CT molecular complexity index is 1520. The molecule has 3 aromatic rings. The van der Waals surface area contributed by atoms with E-state index in [2.05, 4.69) is 5.32 Å². The number of primary sulfonamides is 1. The lowest BCUT2D eigenvalue weighted by Crippen LogP contribution is -2.31. The lowest BCUT2D eigenvalue weighted by atomic mass is 9.77. The third-order valence-electron chi connectivity index (χ3n) is 6.89. The number of hydrogen-bond acceptors (Lipinski definition) is 8. The van der Waals surface area contributed by atoms with Crippen LogP contribution < -0.4 is 10.5 Å². The maximum atomic E-state index is 12.1. The van der Waals surface area contributed by atoms with Crippen molar-refractivity contribution in [3.8, 4) is 0 Å². The van der Waals surface area contributed by atoms with Gasteiger partial charge in [-0.3, -0.25) is 20.2 Å². The molecule has 0 spiro atoms. The largest absolute Gasteiger partial charge is 0.378 e. The summed E-state index contributed by atoms with van der Waals surface area (Å²) in [5.41, 5.74) is 1.98. The number of fused-ring (bicyclic) bond motifs is 3. The molecule has 0 amide bonds. The van der Waals surface area contributed by atoms with Gasteiger partial charge in [0.1, 0.15) is 0 Å². The van der Waals surface area contributed by atoms with E-state index in [1.807, 2.05) is 0 Å². The van der Waals surface area contributed by atoms with Gasteiger partial charge in [-0.05, 0) is 47.7 Å². The molecule has 0 radical (unpaired) electrons. The number of sulfonamides is 1. The van der Waals surface area contributed by atoms with Crippen LogP contribution in [0.15, 0.2) is 76.5 Å². The molecule has 192 valence electrons. The summed E-state index contributed by atoms with van der Waals surface area (Å²) in [6.45, 7) is 0. The fourth-order valence-electron chi connectivity index (χ4n) is 5.30. The smallest absolute Gasteiger partial charge is 0.282 e. The van der Waals surface area contributed by atoms with E-state index < -0.39 is 25.2 Å². The Balaban J connectivity index is 1.59. The molecule has 5 atom stereocenters. The highest BCUT2D eigenvalue weighted by atomic mass is 35.5. The first kappa shape index (κ1) is 25.5. The highest BCUT2D eigenvalue weighted by molar-refractivity contribution is 8.00. The van der Waals surface area contributed by atoms with E-state index in [1.54, 1.807) is 36.4 Å². The number of nitrogens with one attached hydrogen (secondary N) is 1. The van der Waals surface area contributed by atoms with Gasteiger partial charge >= 0.3 is 0 Å². The number of nitro groups is 2. The van der Waals surface area contributed by atoms with E-state index in [0.717, 1.165) is 0 Å². The van der Waals surface area contributed by atoms with Gasteiger partial charge in [-0.25, -0.2) is 13.6 Å². The van der Waals surface area contributed by atoms with Crippen LogP contribution in [0.1, 0.15) is 29.5 Å². The molecule has 37 heavy (non-hydrogen) atoms. The molecule has 5 rings (SSSR count). The quantitative estimate of drug-likeness (QED) is 0.237. The van der Waals surface area contributed by atoms with Gasteiger partial charge in [0.25, 0.3) is 11.4 Å². The molecule has 0 bridgehead atoms. The molecule has 0 aromatic heterocycles. The predicted molar refractivity (Wildman–Crippen MR) is 141 cm³/mol. The minimum atomic E-state index is -3.97. The first-order chi connectivity index (χ1) is 17.5. The number of para-hydroxylation sites is 1. The molecule has 1 aliphatic carbocycles. The van der Waals surface area contributed by atoms with Crippen molar-refractivity contribution >= 4 is 50.4 Å². The number of non-ortho nitro benzene ring substituents is 1. The molecule has 0 unspecified atom stereocenters. The number of nitrogens with two attached hydrogens (primary N) is 1. The number of alkyl halides is 1. The van der Waals surface area contributed by atoms with E-state index in [9.17, 15) is 28.6 Å². The molecular formula is C24H21ClN4O6S2. The number of anilines is 1. The minimum absolute atomic E-state index is 0.0171. The minimum Gasteiger partial charge on any atom is -0.378 e. The van der Waals surface area contributed by atoms with E-state index in [0.29, 0.717) is 28.1 Å². The number of rotatable bonds is 6. The summed E-state index contributed by atoms with van der Waals surface area (Å²) >= 11 is 8.37. The van der Waals surface area contributed by atoms with Crippen molar-refractivity contribution in [3.05, 3.63) is 98.1 Å². The highest BCUT2D eigenvalue weighted by Crippen LogP contribution is 2.58. The number of thioether (sulfide) groups is 1. The van der Waals surface area contributed by atoms with Crippen LogP contribution in [-0.4, -0.2) is 28.9 Å². The molecular weight excluding hydrogens is 540 g/mol. The van der Waals surface area contributed by atoms with Gasteiger partial charge in [0.05, 0.1) is 31.1 Å². The van der Waals surface area contributed by atoms with E-state index in [4.69, 9.17) is 16.7 Å². The zero-order chi connectivity index (χ0) is 26.5. The van der Waals surface area contributed by atoms with Gasteiger partial charge in [0, 0.05) is 35.1 Å². The van der Waals surface area contributed by atoms with Gasteiger partial charge in [-0.2, -0.15) is 0 Å². The summed E-state index contributed by atoms with van der Waals surface area (Å²) in [5.74, 6) is -0.503. The maximum Gasteiger partial charge on any atom is 0.282 e. The summed E-state index contributed by atoms with van der Waals surface area (Å²) in [5, 5.41) is 31.1. The summed E-state index contributed by atoms with van der Waals surface area (Å²) in [4.78, 5) is 22.5. The second kappa shape index (κ2) is 9.60. The molecule has 0 saturated heterocycles. The molecule has 1 aliphatic heterocycles. The maximum absolute atomic E-state index is 12.1. The van der Waals surface area contributed by atoms with Gasteiger partial charge in [-0.1, -0.05) is 24.3 Å². The molecule has 3 N–H and O–H groups in total. The highest BCUT2D eigenvalue weighted by Gasteiger charge is 2.50. The summed E-state index contributed by atoms with van der Waals surface area (Å²) in [7, 11) is -3.97. The van der Waals surface area contributed by atoms with E-state index in [1.165, 1.54) is 42.1 Å². The van der Waals surface area contributed by atoms with Gasteiger partial charge in [-0.15, -0.1) is 23.4 Å². The first-order valence-electron chi connectivity index (χ1n) is 11.3. The van der Waals surface area contributed by atoms with Crippen molar-refractivity contribution in [1.82, 2.24) is 0 Å². The molecule has 1 saturated carbocycles. The number of nitro benzene ring substituents is 2. The van der Waals surface area contributed by atoms with Crippen molar-refractivity contribution in [2.24, 2.45) is 11.1 Å². The van der Waals surface area contributed by atoms with Gasteiger partial charge in [0.15, 0.2) is 0 Å². The summed E-state index contributed by atoms with van der Waals surface area (Å²) < 4.78 is 24.2. The van der Waals surface area contributed by atoms with Crippen LogP contribution in [0.5, 0.6) is 0 Å². The van der Waals surface area contributed by atoms with Gasteiger partial charge < -0.3 is 5.32 Å². The Morgan fingerprint density at radius 3 is 2.46 bits per heavy atom. The van der Waals surface area contributed by atoms with Crippen LogP contribution in [-0.2, 0) is 10.0 Å². The van der Waals surface area contributed by atoms with Crippen LogP contribution >= 0.6 is 23.4 Å². The lowest BCUT2D eigenvalue weighted by Gasteiger charge is -2.38. The number of benzene rings is 3. The van der Waals surface area contributed by atoms with Crippen molar-refractivity contribution in [1.29, 1.82) is 0 Å². The van der Waals surface area contributed by atoms with Crippen molar-refractivity contribution in [2.45, 2.75) is 38.8 Å². The molecule has 13 heteroatoms. The van der Waals surface area contributed by atoms with Crippen molar-refractivity contribution in [2.75, 3.05) is 5.32 Å². The fourth-order valence-corrected chi connectivity index (χ4v) is 7.80. The van der Waals surface area contributed by atoms with Gasteiger partial charge in [0.2, 0.25) is 10.0 Å². The number of hydrogen-bond donors (Lipinski definition) is 2. The molecule has 1 fully saturated rings. The third kappa shape index (κ3) is 4.77. The Morgan fingerprint density at radius 2 is 1.76 bits per heavy atom. The zero-order valence-electron chi connectivity index (χ0n) is 19.1. The normalized spacial score (nSPS) is 24.5. The monoisotopic (exact) mass is 560 g/mol. The first-order valence-corrected chi connectivity index (χ1v) is 14.1. The number of nitrogens with zero attached hydrogens (tertiary/aromatic N) is 2. The van der Waals surface area contributed by atoms with Crippen LogP contribution in [0.25, 0.3) is 0 Å². The molecule has 3 aromatic carbocycles. The molecule has 10 nitrogen and oxygen atoms in total. The molecule has 2 aliphatic rings. The van der Waals surface area contributed by atoms with Crippen LogP contribution in [0, 0.1) is 26.1 Å². The average Bonchev–Trinajstić information content (AvgIpc) is 3.19. The SMILES string of the molecule is NS(=O)(=O)c1ccc2c(c1)[C@@H]1[C@H](Cl)[C@H](Sc3ccccc3[N+](=O)[O-])C[C@@H]1[C@@H](c1cccc([N+](=O)[O-])c1)N2. The van der Waals surface area contributed by atoms with Crippen LogP contribution in [0.2, 0.25) is 0 Å². The fraction of sp³-hybridized carbons (Fsp3) is 0.250. The molecule has 1 heterocycles. The Labute approximate surface area is 221 Å². The van der Waals surface area contributed by atoms with Crippen LogP contribution in [0.4, 0.5) is 17.1 Å². The van der Waals surface area contributed by atoms with E-state index in [-0.39, 0.29) is 39.4 Å².